The van der Waals surface area contributed by atoms with Gasteiger partial charge in [-0.25, -0.2) is 4.98 Å². The summed E-state index contributed by atoms with van der Waals surface area (Å²) in [4.78, 5) is 19.0. The molecule has 1 saturated heterocycles. The number of halogens is 1. The normalized spacial score (nSPS) is 24.5. The molecule has 0 saturated carbocycles. The minimum absolute atomic E-state index is 0.00773. The molecule has 0 N–H and O–H groups in total. The number of aromatic nitrogens is 1. The van der Waals surface area contributed by atoms with Crippen molar-refractivity contribution in [2.24, 2.45) is 0 Å². The molecular formula is C12H17ClN4O2. The summed E-state index contributed by atoms with van der Waals surface area (Å²) >= 11 is 5.87. The number of hydrogen-bond acceptors (Lipinski definition) is 5. The molecule has 0 bridgehead atoms. The molecule has 1 aromatic rings. The fraction of sp³-hybridized carbons (Fsp3) is 0.583. The molecule has 104 valence electrons. The van der Waals surface area contributed by atoms with Crippen LogP contribution in [0.5, 0.6) is 0 Å². The van der Waals surface area contributed by atoms with Crippen LogP contribution in [-0.2, 0) is 0 Å². The van der Waals surface area contributed by atoms with Gasteiger partial charge in [-0.3, -0.25) is 15.0 Å². The maximum Gasteiger partial charge on any atom is 0.311 e. The zero-order chi connectivity index (χ0) is 14.2. The van der Waals surface area contributed by atoms with Crippen LogP contribution in [0.25, 0.3) is 0 Å². The van der Waals surface area contributed by atoms with Gasteiger partial charge >= 0.3 is 5.69 Å². The first kappa shape index (κ1) is 14.0. The Morgan fingerprint density at radius 1 is 1.37 bits per heavy atom. The molecular weight excluding hydrogens is 268 g/mol. The first-order valence-electron chi connectivity index (χ1n) is 6.18. The Kier molecular flexibility index (Phi) is 3.91. The van der Waals surface area contributed by atoms with Gasteiger partial charge in [0.15, 0.2) is 0 Å². The highest BCUT2D eigenvalue weighted by atomic mass is 35.5. The second kappa shape index (κ2) is 5.30. The monoisotopic (exact) mass is 284 g/mol. The molecule has 1 aliphatic heterocycles. The van der Waals surface area contributed by atoms with Crippen molar-refractivity contribution in [3.63, 3.8) is 0 Å². The number of rotatable bonds is 2. The molecule has 1 aliphatic rings. The van der Waals surface area contributed by atoms with Gasteiger partial charge in [0, 0.05) is 31.2 Å². The second-order valence-electron chi connectivity index (χ2n) is 5.00. The SMILES string of the molecule is CC1CN(c2nc(Cl)ccc2[N+](=O)[O-])CC(C)N1C. The average molecular weight is 285 g/mol. The van der Waals surface area contributed by atoms with Crippen LogP contribution >= 0.6 is 11.6 Å². The van der Waals surface area contributed by atoms with Crippen molar-refractivity contribution in [1.29, 1.82) is 0 Å². The van der Waals surface area contributed by atoms with Crippen molar-refractivity contribution in [2.45, 2.75) is 25.9 Å². The van der Waals surface area contributed by atoms with E-state index in [1.807, 2.05) is 4.90 Å². The van der Waals surface area contributed by atoms with E-state index in [2.05, 4.69) is 30.8 Å². The highest BCUT2D eigenvalue weighted by Gasteiger charge is 2.31. The summed E-state index contributed by atoms with van der Waals surface area (Å²) in [6.45, 7) is 5.60. The molecule has 0 radical (unpaired) electrons. The lowest BCUT2D eigenvalue weighted by molar-refractivity contribution is -0.384. The van der Waals surface area contributed by atoms with Gasteiger partial charge in [-0.05, 0) is 27.0 Å². The van der Waals surface area contributed by atoms with Gasteiger partial charge in [-0.2, -0.15) is 0 Å². The standard InChI is InChI=1S/C12H17ClN4O2/c1-8-6-16(7-9(2)15(8)3)12-10(17(18)19)4-5-11(13)14-12/h4-5,8-9H,6-7H2,1-3H3. The smallest absolute Gasteiger partial charge is 0.311 e. The molecule has 2 unspecified atom stereocenters. The van der Waals surface area contributed by atoms with Gasteiger partial charge in [0.1, 0.15) is 5.15 Å². The van der Waals surface area contributed by atoms with Crippen LogP contribution in [0, 0.1) is 10.1 Å². The Balaban J connectivity index is 2.36. The van der Waals surface area contributed by atoms with Gasteiger partial charge < -0.3 is 4.90 Å². The maximum atomic E-state index is 11.1. The molecule has 0 amide bonds. The van der Waals surface area contributed by atoms with E-state index >= 15 is 0 Å². The third-order valence-corrected chi connectivity index (χ3v) is 3.89. The molecule has 0 spiro atoms. The molecule has 2 atom stereocenters. The minimum Gasteiger partial charge on any atom is -0.348 e. The number of anilines is 1. The Morgan fingerprint density at radius 3 is 2.47 bits per heavy atom. The van der Waals surface area contributed by atoms with Crippen molar-refractivity contribution in [3.8, 4) is 0 Å². The third-order valence-electron chi connectivity index (χ3n) is 3.68. The second-order valence-corrected chi connectivity index (χ2v) is 5.39. The van der Waals surface area contributed by atoms with E-state index in [0.717, 1.165) is 0 Å². The molecule has 19 heavy (non-hydrogen) atoms. The molecule has 6 nitrogen and oxygen atoms in total. The van der Waals surface area contributed by atoms with E-state index in [9.17, 15) is 10.1 Å². The first-order valence-corrected chi connectivity index (χ1v) is 6.55. The van der Waals surface area contributed by atoms with Crippen LogP contribution in [0.15, 0.2) is 12.1 Å². The van der Waals surface area contributed by atoms with E-state index in [1.165, 1.54) is 12.1 Å². The van der Waals surface area contributed by atoms with E-state index in [1.54, 1.807) is 0 Å². The molecule has 1 aromatic heterocycles. The summed E-state index contributed by atoms with van der Waals surface area (Å²) in [6, 6.07) is 3.48. The number of pyridine rings is 1. The summed E-state index contributed by atoms with van der Waals surface area (Å²) in [5.74, 6) is 0.365. The molecule has 0 aromatic carbocycles. The Bertz CT molecular complexity index is 485. The van der Waals surface area contributed by atoms with Crippen LogP contribution in [0.4, 0.5) is 11.5 Å². The third kappa shape index (κ3) is 2.79. The molecule has 1 fully saturated rings. The van der Waals surface area contributed by atoms with Crippen LogP contribution in [-0.4, -0.2) is 47.0 Å². The highest BCUT2D eigenvalue weighted by molar-refractivity contribution is 6.29. The zero-order valence-corrected chi connectivity index (χ0v) is 12.0. The van der Waals surface area contributed by atoms with Crippen LogP contribution < -0.4 is 4.90 Å². The lowest BCUT2D eigenvalue weighted by Crippen LogP contribution is -2.55. The van der Waals surface area contributed by atoms with E-state index in [0.29, 0.717) is 31.0 Å². The number of nitrogens with zero attached hydrogens (tertiary/aromatic N) is 4. The maximum absolute atomic E-state index is 11.1. The fourth-order valence-electron chi connectivity index (χ4n) is 2.37. The Morgan fingerprint density at radius 2 is 1.95 bits per heavy atom. The Labute approximate surface area is 117 Å². The van der Waals surface area contributed by atoms with Gasteiger partial charge in [0.2, 0.25) is 5.82 Å². The number of hydrogen-bond donors (Lipinski definition) is 0. The summed E-state index contributed by atoms with van der Waals surface area (Å²) in [5.41, 5.74) is 0.00773. The zero-order valence-electron chi connectivity index (χ0n) is 11.2. The van der Waals surface area contributed by atoms with Crippen LogP contribution in [0.2, 0.25) is 5.15 Å². The van der Waals surface area contributed by atoms with Gasteiger partial charge in [0.25, 0.3) is 0 Å². The summed E-state index contributed by atoms with van der Waals surface area (Å²) in [5, 5.41) is 11.4. The summed E-state index contributed by atoms with van der Waals surface area (Å²) < 4.78 is 0. The number of piperazine rings is 1. The van der Waals surface area contributed by atoms with Gasteiger partial charge in [-0.15, -0.1) is 0 Å². The topological polar surface area (TPSA) is 62.5 Å². The predicted molar refractivity (Wildman–Crippen MR) is 74.8 cm³/mol. The van der Waals surface area contributed by atoms with E-state index in [4.69, 9.17) is 11.6 Å². The van der Waals surface area contributed by atoms with Crippen molar-refractivity contribution in [2.75, 3.05) is 25.0 Å². The van der Waals surface area contributed by atoms with Crippen molar-refractivity contribution < 1.29 is 4.92 Å². The van der Waals surface area contributed by atoms with Crippen molar-refractivity contribution in [1.82, 2.24) is 9.88 Å². The van der Waals surface area contributed by atoms with E-state index in [-0.39, 0.29) is 10.8 Å². The van der Waals surface area contributed by atoms with Crippen molar-refractivity contribution in [3.05, 3.63) is 27.4 Å². The highest BCUT2D eigenvalue weighted by Crippen LogP contribution is 2.30. The molecule has 2 heterocycles. The van der Waals surface area contributed by atoms with Crippen molar-refractivity contribution >= 4 is 23.1 Å². The van der Waals surface area contributed by atoms with Gasteiger partial charge in [0.05, 0.1) is 4.92 Å². The van der Waals surface area contributed by atoms with Gasteiger partial charge in [-0.1, -0.05) is 11.6 Å². The number of nitro groups is 1. The quantitative estimate of drug-likeness (QED) is 0.473. The largest absolute Gasteiger partial charge is 0.348 e. The molecule has 2 rings (SSSR count). The van der Waals surface area contributed by atoms with Crippen LogP contribution in [0.1, 0.15) is 13.8 Å². The lowest BCUT2D eigenvalue weighted by Gasteiger charge is -2.42. The minimum atomic E-state index is -0.410. The summed E-state index contributed by atoms with van der Waals surface area (Å²) in [6.07, 6.45) is 0. The fourth-order valence-corrected chi connectivity index (χ4v) is 2.51. The predicted octanol–water partition coefficient (Wildman–Crippen LogP) is 2.17. The molecule has 0 aliphatic carbocycles. The Hall–Kier alpha value is -1.40. The van der Waals surface area contributed by atoms with Crippen LogP contribution in [0.3, 0.4) is 0 Å². The molecule has 7 heteroatoms. The first-order chi connectivity index (χ1) is 8.90. The lowest BCUT2D eigenvalue weighted by atomic mass is 10.1. The average Bonchev–Trinajstić information content (AvgIpc) is 2.34. The number of likely N-dealkylation sites (N-methyl/N-ethyl adjacent to an activating group) is 1. The summed E-state index contributed by atoms with van der Waals surface area (Å²) in [7, 11) is 2.06. The van der Waals surface area contributed by atoms with E-state index < -0.39 is 4.92 Å².